The van der Waals surface area contributed by atoms with Crippen molar-refractivity contribution in [1.29, 1.82) is 0 Å². The van der Waals surface area contributed by atoms with Gasteiger partial charge in [0.25, 0.3) is 5.91 Å². The molecule has 2 atom stereocenters. The van der Waals surface area contributed by atoms with Crippen molar-refractivity contribution in [2.45, 2.75) is 25.6 Å². The Labute approximate surface area is 147 Å². The van der Waals surface area contributed by atoms with Gasteiger partial charge in [0.1, 0.15) is 12.4 Å². The minimum atomic E-state index is -0.747. The highest BCUT2D eigenvalue weighted by Crippen LogP contribution is 2.32. The third kappa shape index (κ3) is 3.44. The molecule has 0 bridgehead atoms. The van der Waals surface area contributed by atoms with Crippen LogP contribution in [0.4, 0.5) is 0 Å². The molecule has 132 valence electrons. The number of ether oxygens (including phenoxy) is 1. The summed E-state index contributed by atoms with van der Waals surface area (Å²) in [4.78, 5) is 28.3. The van der Waals surface area contributed by atoms with Crippen molar-refractivity contribution in [2.75, 3.05) is 20.7 Å². The van der Waals surface area contributed by atoms with E-state index in [0.717, 1.165) is 11.1 Å². The van der Waals surface area contributed by atoms with E-state index in [0.29, 0.717) is 12.3 Å². The molecular formula is C19H22N2O4. The summed E-state index contributed by atoms with van der Waals surface area (Å²) < 4.78 is 11.0. The first kappa shape index (κ1) is 17.2. The SMILES string of the molecule is Cc1ccccc1[C@@H]1[C@@H](C(=O)N(C)Cc2ccco2)OCC(=O)N1C. The quantitative estimate of drug-likeness (QED) is 0.854. The zero-order valence-corrected chi connectivity index (χ0v) is 14.6. The highest BCUT2D eigenvalue weighted by atomic mass is 16.5. The van der Waals surface area contributed by atoms with Crippen molar-refractivity contribution in [3.8, 4) is 0 Å². The Kier molecular flexibility index (Phi) is 4.90. The second kappa shape index (κ2) is 7.11. The first-order valence-corrected chi connectivity index (χ1v) is 8.19. The van der Waals surface area contributed by atoms with Crippen LogP contribution in [0.25, 0.3) is 0 Å². The van der Waals surface area contributed by atoms with E-state index in [1.165, 1.54) is 0 Å². The Bertz CT molecular complexity index is 757. The smallest absolute Gasteiger partial charge is 0.254 e. The van der Waals surface area contributed by atoms with Crippen LogP contribution in [0.1, 0.15) is 22.9 Å². The molecule has 6 heteroatoms. The van der Waals surface area contributed by atoms with Crippen molar-refractivity contribution in [3.63, 3.8) is 0 Å². The number of carbonyl (C=O) groups excluding carboxylic acids is 2. The molecule has 1 aliphatic heterocycles. The molecule has 0 radical (unpaired) electrons. The summed E-state index contributed by atoms with van der Waals surface area (Å²) in [6, 6.07) is 10.9. The van der Waals surface area contributed by atoms with Gasteiger partial charge in [-0.1, -0.05) is 24.3 Å². The molecule has 1 saturated heterocycles. The van der Waals surface area contributed by atoms with Crippen LogP contribution in [-0.2, 0) is 20.9 Å². The van der Waals surface area contributed by atoms with Crippen LogP contribution in [0, 0.1) is 6.92 Å². The molecule has 2 heterocycles. The summed E-state index contributed by atoms with van der Waals surface area (Å²) in [7, 11) is 3.42. The van der Waals surface area contributed by atoms with Gasteiger partial charge in [0, 0.05) is 14.1 Å². The number of amides is 2. The number of hydrogen-bond donors (Lipinski definition) is 0. The van der Waals surface area contributed by atoms with Crippen LogP contribution >= 0.6 is 0 Å². The predicted molar refractivity (Wildman–Crippen MR) is 91.6 cm³/mol. The van der Waals surface area contributed by atoms with Crippen LogP contribution < -0.4 is 0 Å². The molecule has 25 heavy (non-hydrogen) atoms. The zero-order valence-electron chi connectivity index (χ0n) is 14.6. The van der Waals surface area contributed by atoms with Gasteiger partial charge in [-0.05, 0) is 30.2 Å². The van der Waals surface area contributed by atoms with E-state index >= 15 is 0 Å². The molecule has 2 amide bonds. The Morgan fingerprint density at radius 2 is 2.04 bits per heavy atom. The van der Waals surface area contributed by atoms with E-state index in [2.05, 4.69) is 0 Å². The third-order valence-electron chi connectivity index (χ3n) is 4.58. The number of likely N-dealkylation sites (N-methyl/N-ethyl adjacent to an activating group) is 2. The first-order chi connectivity index (χ1) is 12.0. The average molecular weight is 342 g/mol. The molecule has 0 saturated carbocycles. The highest BCUT2D eigenvalue weighted by Gasteiger charge is 2.41. The number of hydrogen-bond acceptors (Lipinski definition) is 4. The van der Waals surface area contributed by atoms with Gasteiger partial charge < -0.3 is 19.0 Å². The maximum absolute atomic E-state index is 13.0. The second-order valence-corrected chi connectivity index (χ2v) is 6.31. The minimum Gasteiger partial charge on any atom is -0.467 e. The van der Waals surface area contributed by atoms with Crippen LogP contribution in [0.3, 0.4) is 0 Å². The lowest BCUT2D eigenvalue weighted by Crippen LogP contribution is -2.53. The first-order valence-electron chi connectivity index (χ1n) is 8.19. The summed E-state index contributed by atoms with van der Waals surface area (Å²) in [6.07, 6.45) is 0.830. The van der Waals surface area contributed by atoms with Crippen molar-refractivity contribution in [2.24, 2.45) is 0 Å². The Morgan fingerprint density at radius 1 is 1.28 bits per heavy atom. The van der Waals surface area contributed by atoms with E-state index in [1.54, 1.807) is 36.2 Å². The fraction of sp³-hybridized carbons (Fsp3) is 0.368. The minimum absolute atomic E-state index is 0.0934. The van der Waals surface area contributed by atoms with Crippen molar-refractivity contribution >= 4 is 11.8 Å². The van der Waals surface area contributed by atoms with Crippen LogP contribution in [0.5, 0.6) is 0 Å². The standard InChI is InChI=1S/C19H22N2O4/c1-13-7-4-5-9-15(13)17-18(25-12-16(22)21(17)3)19(23)20(2)11-14-8-6-10-24-14/h4-10,17-18H,11-12H2,1-3H3/t17-,18+/m1/s1. The third-order valence-corrected chi connectivity index (χ3v) is 4.58. The van der Waals surface area contributed by atoms with Crippen molar-refractivity contribution in [3.05, 3.63) is 59.5 Å². The normalized spacial score (nSPS) is 20.6. The van der Waals surface area contributed by atoms with E-state index in [1.807, 2.05) is 37.3 Å². The predicted octanol–water partition coefficient (Wildman–Crippen LogP) is 2.14. The molecule has 6 nitrogen and oxygen atoms in total. The second-order valence-electron chi connectivity index (χ2n) is 6.31. The van der Waals surface area contributed by atoms with Crippen molar-refractivity contribution < 1.29 is 18.7 Å². The fourth-order valence-electron chi connectivity index (χ4n) is 3.14. The van der Waals surface area contributed by atoms with Gasteiger partial charge in [-0.15, -0.1) is 0 Å². The number of carbonyl (C=O) groups is 2. The Balaban J connectivity index is 1.88. The monoisotopic (exact) mass is 342 g/mol. The number of aryl methyl sites for hydroxylation is 1. The van der Waals surface area contributed by atoms with Crippen LogP contribution in [0.15, 0.2) is 47.1 Å². The van der Waals surface area contributed by atoms with Gasteiger partial charge in [-0.3, -0.25) is 9.59 Å². The molecule has 2 aromatic rings. The highest BCUT2D eigenvalue weighted by molar-refractivity contribution is 5.86. The van der Waals surface area contributed by atoms with Gasteiger partial charge in [-0.25, -0.2) is 0 Å². The maximum Gasteiger partial charge on any atom is 0.254 e. The van der Waals surface area contributed by atoms with Gasteiger partial charge >= 0.3 is 0 Å². The number of rotatable bonds is 4. The van der Waals surface area contributed by atoms with Crippen LogP contribution in [0.2, 0.25) is 0 Å². The Morgan fingerprint density at radius 3 is 2.72 bits per heavy atom. The fourth-order valence-corrected chi connectivity index (χ4v) is 3.14. The van der Waals surface area contributed by atoms with Gasteiger partial charge in [0.15, 0.2) is 6.10 Å². The summed E-state index contributed by atoms with van der Waals surface area (Å²) in [5, 5.41) is 0. The molecule has 3 rings (SSSR count). The summed E-state index contributed by atoms with van der Waals surface area (Å²) in [6.45, 7) is 2.23. The molecule has 0 N–H and O–H groups in total. The van der Waals surface area contributed by atoms with Crippen molar-refractivity contribution in [1.82, 2.24) is 9.80 Å². The molecule has 0 spiro atoms. The van der Waals surface area contributed by atoms with Gasteiger partial charge in [-0.2, -0.15) is 0 Å². The molecule has 1 aliphatic rings. The summed E-state index contributed by atoms with van der Waals surface area (Å²) in [5.41, 5.74) is 1.94. The van der Waals surface area contributed by atoms with E-state index in [-0.39, 0.29) is 18.4 Å². The zero-order chi connectivity index (χ0) is 18.0. The number of nitrogens with zero attached hydrogens (tertiary/aromatic N) is 2. The lowest BCUT2D eigenvalue weighted by Gasteiger charge is -2.40. The van der Waals surface area contributed by atoms with Gasteiger partial charge in [0.05, 0.1) is 18.8 Å². The molecule has 0 unspecified atom stereocenters. The molecular weight excluding hydrogens is 320 g/mol. The topological polar surface area (TPSA) is 63.0 Å². The average Bonchev–Trinajstić information content (AvgIpc) is 3.10. The van der Waals surface area contributed by atoms with Crippen LogP contribution in [-0.4, -0.2) is 48.4 Å². The molecule has 1 aromatic heterocycles. The van der Waals surface area contributed by atoms with E-state index < -0.39 is 12.1 Å². The lowest BCUT2D eigenvalue weighted by molar-refractivity contribution is -0.167. The van der Waals surface area contributed by atoms with E-state index in [4.69, 9.17) is 9.15 Å². The summed E-state index contributed by atoms with van der Waals surface area (Å²) >= 11 is 0. The number of furan rings is 1. The molecule has 0 aliphatic carbocycles. The van der Waals surface area contributed by atoms with E-state index in [9.17, 15) is 9.59 Å². The largest absolute Gasteiger partial charge is 0.467 e. The molecule has 1 fully saturated rings. The van der Waals surface area contributed by atoms with Gasteiger partial charge in [0.2, 0.25) is 5.91 Å². The lowest BCUT2D eigenvalue weighted by atomic mass is 9.93. The number of morpholine rings is 1. The molecule has 1 aromatic carbocycles. The number of benzene rings is 1. The Hall–Kier alpha value is -2.60. The maximum atomic E-state index is 13.0. The summed E-state index contributed by atoms with van der Waals surface area (Å²) in [5.74, 6) is 0.388.